The molecule has 71 heavy (non-hydrogen) atoms. The monoisotopic (exact) mass is 1010 g/mol. The molecule has 13 heteroatoms. The SMILES string of the molecule is CCCCOCCOCCN(CCCc1ccc(F)[c-]c1F)C(=O)c1ccccc1.CCCCOCCOCCN(CCCc1ccc(F)[c-]c1F)C(=O)c1ccccc1.[C-]1=CC=CC1.[C-]1=CC=CC1.[Ti+4]. The second kappa shape index (κ2) is 40.6. The van der Waals surface area contributed by atoms with Gasteiger partial charge in [0.2, 0.25) is 0 Å². The van der Waals surface area contributed by atoms with Crippen LogP contribution in [0, 0.1) is 47.6 Å². The zero-order chi connectivity index (χ0) is 50.3. The van der Waals surface area contributed by atoms with Crippen molar-refractivity contribution in [2.24, 2.45) is 0 Å². The Balaban J connectivity index is 0.000000399. The molecule has 4 aromatic carbocycles. The summed E-state index contributed by atoms with van der Waals surface area (Å²) < 4.78 is 75.7. The molecule has 2 amide bonds. The zero-order valence-electron chi connectivity index (χ0n) is 41.5. The van der Waals surface area contributed by atoms with Crippen LogP contribution in [0.15, 0.2) is 121 Å². The fourth-order valence-corrected chi connectivity index (χ4v) is 6.58. The van der Waals surface area contributed by atoms with Crippen LogP contribution in [0.3, 0.4) is 0 Å². The first-order valence-electron chi connectivity index (χ1n) is 24.4. The summed E-state index contributed by atoms with van der Waals surface area (Å²) in [4.78, 5) is 29.1. The number of rotatable bonds is 28. The smallest absolute Gasteiger partial charge is 0.379 e. The number of ether oxygens (including phenoxy) is 4. The molecule has 8 nitrogen and oxygen atoms in total. The Bertz CT molecular complexity index is 1970. The van der Waals surface area contributed by atoms with Crippen LogP contribution in [-0.2, 0) is 53.5 Å². The van der Waals surface area contributed by atoms with Gasteiger partial charge in [0, 0.05) is 73.8 Å². The molecule has 380 valence electrons. The predicted octanol–water partition coefficient (Wildman–Crippen LogP) is 12.0. The molecule has 0 spiro atoms. The number of halogens is 4. The number of hydrogen-bond donors (Lipinski definition) is 0. The second-order valence-electron chi connectivity index (χ2n) is 16.0. The molecule has 0 heterocycles. The Morgan fingerprint density at radius 3 is 1.18 bits per heavy atom. The van der Waals surface area contributed by atoms with Crippen LogP contribution in [0.4, 0.5) is 17.6 Å². The molecular formula is C58H70F4N2O6Ti. The Labute approximate surface area is 435 Å². The van der Waals surface area contributed by atoms with Gasteiger partial charge in [-0.1, -0.05) is 75.9 Å². The number of benzene rings is 4. The third kappa shape index (κ3) is 28.6. The van der Waals surface area contributed by atoms with E-state index in [0.29, 0.717) is 114 Å². The molecule has 0 saturated heterocycles. The van der Waals surface area contributed by atoms with Crippen LogP contribution in [0.1, 0.15) is 97.1 Å². The van der Waals surface area contributed by atoms with Gasteiger partial charge in [-0.25, -0.2) is 41.9 Å². The third-order valence-corrected chi connectivity index (χ3v) is 10.5. The van der Waals surface area contributed by atoms with Crippen LogP contribution in [-0.4, -0.2) is 101 Å². The molecule has 0 unspecified atom stereocenters. The molecule has 0 radical (unpaired) electrons. The molecule has 6 rings (SSSR count). The number of aryl methyl sites for hydroxylation is 2. The Morgan fingerprint density at radius 1 is 0.493 bits per heavy atom. The van der Waals surface area contributed by atoms with Gasteiger partial charge in [0.15, 0.2) is 0 Å². The quantitative estimate of drug-likeness (QED) is 0.0244. The Kier molecular flexibility index (Phi) is 35.6. The van der Waals surface area contributed by atoms with Crippen molar-refractivity contribution in [1.82, 2.24) is 9.80 Å². The van der Waals surface area contributed by atoms with E-state index < -0.39 is 23.3 Å². The summed E-state index contributed by atoms with van der Waals surface area (Å²) in [5.41, 5.74) is 1.98. The fourth-order valence-electron chi connectivity index (χ4n) is 6.58. The van der Waals surface area contributed by atoms with Gasteiger partial charge in [0.05, 0.1) is 39.6 Å². The molecule has 0 N–H and O–H groups in total. The largest absolute Gasteiger partial charge is 4.00 e. The minimum atomic E-state index is -0.715. The van der Waals surface area contributed by atoms with Gasteiger partial charge in [0.1, 0.15) is 0 Å². The number of amides is 2. The molecule has 0 aromatic heterocycles. The summed E-state index contributed by atoms with van der Waals surface area (Å²) in [6.07, 6.45) is 26.1. The zero-order valence-corrected chi connectivity index (χ0v) is 43.0. The summed E-state index contributed by atoms with van der Waals surface area (Å²) in [6, 6.07) is 27.4. The van der Waals surface area contributed by atoms with Gasteiger partial charge < -0.3 is 28.7 Å². The van der Waals surface area contributed by atoms with Crippen LogP contribution in [0.25, 0.3) is 0 Å². The average molecular weight is 1020 g/mol. The van der Waals surface area contributed by atoms with E-state index in [4.69, 9.17) is 18.9 Å². The normalized spacial score (nSPS) is 11.7. The summed E-state index contributed by atoms with van der Waals surface area (Å²) in [7, 11) is 0. The number of unbranched alkanes of at least 4 members (excludes halogenated alkanes) is 2. The van der Waals surface area contributed by atoms with E-state index in [0.717, 1.165) is 51.7 Å². The molecule has 0 fully saturated rings. The van der Waals surface area contributed by atoms with E-state index in [1.54, 1.807) is 34.1 Å². The first kappa shape index (κ1) is 62.2. The number of allylic oxidation sites excluding steroid dienone is 8. The van der Waals surface area contributed by atoms with Crippen LogP contribution < -0.4 is 0 Å². The minimum Gasteiger partial charge on any atom is -0.379 e. The third-order valence-electron chi connectivity index (χ3n) is 10.5. The molecular weight excluding hydrogens is 945 g/mol. The van der Waals surface area contributed by atoms with E-state index in [2.05, 4.69) is 38.2 Å². The predicted molar refractivity (Wildman–Crippen MR) is 268 cm³/mol. The van der Waals surface area contributed by atoms with Crippen molar-refractivity contribution in [2.75, 3.05) is 79.0 Å². The molecule has 0 bridgehead atoms. The van der Waals surface area contributed by atoms with Crippen molar-refractivity contribution in [3.05, 3.63) is 191 Å². The van der Waals surface area contributed by atoms with Crippen molar-refractivity contribution in [1.29, 1.82) is 0 Å². The molecule has 2 aliphatic carbocycles. The first-order chi connectivity index (χ1) is 34.2. The maximum absolute atomic E-state index is 13.8. The van der Waals surface area contributed by atoms with E-state index in [1.807, 2.05) is 72.8 Å². The van der Waals surface area contributed by atoms with Gasteiger partial charge in [-0.15, -0.1) is 48.2 Å². The molecule has 2 aliphatic rings. The number of carbonyl (C=O) groups excluding carboxylic acids is 2. The van der Waals surface area contributed by atoms with E-state index >= 15 is 0 Å². The summed E-state index contributed by atoms with van der Waals surface area (Å²) in [5, 5.41) is 0. The van der Waals surface area contributed by atoms with Crippen molar-refractivity contribution in [2.45, 2.75) is 78.1 Å². The fraction of sp³-hybridized carbons (Fsp3) is 0.414. The number of hydrogen-bond acceptors (Lipinski definition) is 6. The summed E-state index contributed by atoms with van der Waals surface area (Å²) >= 11 is 0. The Hall–Kier alpha value is -4.95. The molecule has 4 aromatic rings. The molecule has 0 atom stereocenters. The van der Waals surface area contributed by atoms with Crippen molar-refractivity contribution < 1.29 is 67.8 Å². The van der Waals surface area contributed by atoms with Gasteiger partial charge in [-0.2, -0.15) is 24.3 Å². The van der Waals surface area contributed by atoms with E-state index in [-0.39, 0.29) is 33.5 Å². The van der Waals surface area contributed by atoms with Crippen LogP contribution in [0.2, 0.25) is 0 Å². The van der Waals surface area contributed by atoms with Crippen LogP contribution in [0.5, 0.6) is 0 Å². The molecule has 0 aliphatic heterocycles. The van der Waals surface area contributed by atoms with Gasteiger partial charge in [-0.3, -0.25) is 21.7 Å². The van der Waals surface area contributed by atoms with E-state index in [9.17, 15) is 27.2 Å². The second-order valence-corrected chi connectivity index (χ2v) is 16.0. The molecule has 0 saturated carbocycles. The maximum atomic E-state index is 13.8. The summed E-state index contributed by atoms with van der Waals surface area (Å²) in [5.74, 6) is -2.97. The van der Waals surface area contributed by atoms with Crippen LogP contribution >= 0.6 is 0 Å². The topological polar surface area (TPSA) is 77.5 Å². The van der Waals surface area contributed by atoms with Crippen molar-refractivity contribution >= 4 is 11.8 Å². The van der Waals surface area contributed by atoms with Gasteiger partial charge in [-0.05, 0) is 49.9 Å². The van der Waals surface area contributed by atoms with Crippen molar-refractivity contribution in [3.63, 3.8) is 0 Å². The number of carbonyl (C=O) groups is 2. The van der Waals surface area contributed by atoms with Gasteiger partial charge in [0.25, 0.3) is 11.8 Å². The minimum absolute atomic E-state index is 0. The van der Waals surface area contributed by atoms with E-state index in [1.165, 1.54) is 24.3 Å². The maximum Gasteiger partial charge on any atom is 4.00 e. The average Bonchev–Trinajstić information content (AvgIpc) is 4.18. The standard InChI is InChI=1S/2C24H30F2NO3.2C5H5.Ti/c2*1-2-3-15-29-17-18-30-16-14-27(24(28)21-8-5-4-6-9-21)13-7-10-20-11-12-22(25)19-23(20)26;2*1-2-4-5-3-1;/h2*4-6,8-9,11-12H,2-3,7,10,13-18H2,1H3;2*1-3H,4H2;/q4*-1;+4. The van der Waals surface area contributed by atoms with Gasteiger partial charge >= 0.3 is 21.7 Å². The Morgan fingerprint density at radius 2 is 0.873 bits per heavy atom. The summed E-state index contributed by atoms with van der Waals surface area (Å²) in [6.45, 7) is 10.3. The first-order valence-corrected chi connectivity index (χ1v) is 24.4. The number of nitrogens with zero attached hydrogens (tertiary/aromatic N) is 2. The van der Waals surface area contributed by atoms with Crippen molar-refractivity contribution in [3.8, 4) is 0 Å².